The molecule has 21 heavy (non-hydrogen) atoms. The van der Waals surface area contributed by atoms with Gasteiger partial charge in [0.15, 0.2) is 12.2 Å². The van der Waals surface area contributed by atoms with E-state index < -0.39 is 0 Å². The highest BCUT2D eigenvalue weighted by atomic mass is 79.9. The Morgan fingerprint density at radius 1 is 1.19 bits per heavy atom. The van der Waals surface area contributed by atoms with Crippen molar-refractivity contribution in [2.75, 3.05) is 5.32 Å². The number of nitrogens with one attached hydrogen (secondary N) is 1. The maximum atomic E-state index is 5.32. The molecule has 3 nitrogen and oxygen atoms in total. The smallest absolute Gasteiger partial charge is 0.181 e. The lowest BCUT2D eigenvalue weighted by Gasteiger charge is -2.09. The van der Waals surface area contributed by atoms with E-state index in [1.54, 1.807) is 6.20 Å². The zero-order valence-corrected chi connectivity index (χ0v) is 13.2. The van der Waals surface area contributed by atoms with Gasteiger partial charge in [0.1, 0.15) is 0 Å². The van der Waals surface area contributed by atoms with Crippen LogP contribution in [-0.2, 0) is 6.54 Å². The number of oxazole rings is 1. The predicted octanol–water partition coefficient (Wildman–Crippen LogP) is 5.02. The minimum Gasteiger partial charge on any atom is -0.444 e. The van der Waals surface area contributed by atoms with E-state index in [1.807, 2.05) is 18.2 Å². The third-order valence-corrected chi connectivity index (χ3v) is 4.17. The minimum atomic E-state index is 0.775. The van der Waals surface area contributed by atoms with E-state index in [0.717, 1.165) is 28.0 Å². The summed E-state index contributed by atoms with van der Waals surface area (Å²) in [6, 6.07) is 14.5. The van der Waals surface area contributed by atoms with Crippen molar-refractivity contribution in [1.82, 2.24) is 4.98 Å². The standard InChI is InChI=1S/C17H15BrN2O/c1-12-5-6-13(7-16(12)18)9-20-15-4-2-3-14(8-15)17-10-19-11-21-17/h2-8,10-11,20H,9H2,1H3. The van der Waals surface area contributed by atoms with Crippen LogP contribution in [0.2, 0.25) is 0 Å². The van der Waals surface area contributed by atoms with Gasteiger partial charge in [0.2, 0.25) is 0 Å². The maximum Gasteiger partial charge on any atom is 0.181 e. The first-order chi connectivity index (χ1) is 10.2. The van der Waals surface area contributed by atoms with Crippen LogP contribution in [0.4, 0.5) is 5.69 Å². The van der Waals surface area contributed by atoms with Crippen LogP contribution < -0.4 is 5.32 Å². The van der Waals surface area contributed by atoms with Gasteiger partial charge in [0, 0.05) is 22.3 Å². The second-order valence-corrected chi connectivity index (χ2v) is 5.74. The van der Waals surface area contributed by atoms with Crippen LogP contribution in [0.15, 0.2) is 63.9 Å². The molecule has 0 saturated carbocycles. The minimum absolute atomic E-state index is 0.775. The summed E-state index contributed by atoms with van der Waals surface area (Å²) in [6.45, 7) is 2.86. The topological polar surface area (TPSA) is 38.1 Å². The number of rotatable bonds is 4. The molecule has 3 aromatic rings. The molecule has 0 spiro atoms. The van der Waals surface area contributed by atoms with Crippen molar-refractivity contribution in [2.24, 2.45) is 0 Å². The number of hydrogen-bond acceptors (Lipinski definition) is 3. The van der Waals surface area contributed by atoms with Gasteiger partial charge in [-0.15, -0.1) is 0 Å². The van der Waals surface area contributed by atoms with E-state index in [0.29, 0.717) is 0 Å². The first-order valence-electron chi connectivity index (χ1n) is 6.70. The van der Waals surface area contributed by atoms with Gasteiger partial charge in [0.25, 0.3) is 0 Å². The second kappa shape index (κ2) is 6.14. The van der Waals surface area contributed by atoms with E-state index in [9.17, 15) is 0 Å². The van der Waals surface area contributed by atoms with Gasteiger partial charge >= 0.3 is 0 Å². The molecule has 1 aromatic heterocycles. The molecule has 0 aliphatic heterocycles. The van der Waals surface area contributed by atoms with Crippen molar-refractivity contribution in [3.63, 3.8) is 0 Å². The normalized spacial score (nSPS) is 10.6. The third-order valence-electron chi connectivity index (χ3n) is 3.31. The Kier molecular flexibility index (Phi) is 4.06. The van der Waals surface area contributed by atoms with E-state index in [2.05, 4.69) is 57.4 Å². The molecule has 3 rings (SSSR count). The summed E-state index contributed by atoms with van der Waals surface area (Å²) in [6.07, 6.45) is 3.16. The summed E-state index contributed by atoms with van der Waals surface area (Å²) < 4.78 is 6.46. The van der Waals surface area contributed by atoms with Gasteiger partial charge < -0.3 is 9.73 Å². The Bertz CT molecular complexity index is 738. The molecule has 0 aliphatic rings. The van der Waals surface area contributed by atoms with E-state index in [4.69, 9.17) is 4.42 Å². The molecule has 0 amide bonds. The van der Waals surface area contributed by atoms with Crippen molar-refractivity contribution in [2.45, 2.75) is 13.5 Å². The summed E-state index contributed by atoms with van der Waals surface area (Å²) in [5.74, 6) is 0.775. The predicted molar refractivity (Wildman–Crippen MR) is 88.1 cm³/mol. The molecule has 0 atom stereocenters. The van der Waals surface area contributed by atoms with Gasteiger partial charge in [0.05, 0.1) is 6.20 Å². The average molecular weight is 343 g/mol. The Labute approximate surface area is 132 Å². The van der Waals surface area contributed by atoms with Gasteiger partial charge in [-0.2, -0.15) is 0 Å². The fourth-order valence-electron chi connectivity index (χ4n) is 2.09. The zero-order valence-electron chi connectivity index (χ0n) is 11.6. The molecule has 1 heterocycles. The molecule has 0 saturated heterocycles. The van der Waals surface area contributed by atoms with Crippen LogP contribution in [-0.4, -0.2) is 4.98 Å². The Hall–Kier alpha value is -2.07. The molecule has 4 heteroatoms. The lowest BCUT2D eigenvalue weighted by atomic mass is 10.1. The Morgan fingerprint density at radius 3 is 2.86 bits per heavy atom. The molecule has 2 aromatic carbocycles. The summed E-state index contributed by atoms with van der Waals surface area (Å²) in [4.78, 5) is 3.95. The van der Waals surface area contributed by atoms with Crippen molar-refractivity contribution < 1.29 is 4.42 Å². The molecular weight excluding hydrogens is 328 g/mol. The van der Waals surface area contributed by atoms with Crippen LogP contribution in [0.3, 0.4) is 0 Å². The van der Waals surface area contributed by atoms with Crippen molar-refractivity contribution in [1.29, 1.82) is 0 Å². The number of aromatic nitrogens is 1. The van der Waals surface area contributed by atoms with E-state index in [-0.39, 0.29) is 0 Å². The molecule has 0 aliphatic carbocycles. The highest BCUT2D eigenvalue weighted by molar-refractivity contribution is 9.10. The number of nitrogens with zero attached hydrogens (tertiary/aromatic N) is 1. The number of aryl methyl sites for hydroxylation is 1. The van der Waals surface area contributed by atoms with E-state index in [1.165, 1.54) is 17.5 Å². The van der Waals surface area contributed by atoms with Gasteiger partial charge in [-0.3, -0.25) is 0 Å². The van der Waals surface area contributed by atoms with Crippen molar-refractivity contribution >= 4 is 21.6 Å². The molecule has 1 N–H and O–H groups in total. The highest BCUT2D eigenvalue weighted by Gasteiger charge is 2.03. The first kappa shape index (κ1) is 13.9. The number of anilines is 1. The number of hydrogen-bond donors (Lipinski definition) is 1. The number of halogens is 1. The zero-order chi connectivity index (χ0) is 14.7. The van der Waals surface area contributed by atoms with Crippen LogP contribution in [0, 0.1) is 6.92 Å². The lowest BCUT2D eigenvalue weighted by Crippen LogP contribution is -1.99. The van der Waals surface area contributed by atoms with Gasteiger partial charge in [-0.25, -0.2) is 4.98 Å². The number of benzene rings is 2. The van der Waals surface area contributed by atoms with E-state index >= 15 is 0 Å². The molecule has 0 fully saturated rings. The summed E-state index contributed by atoms with van der Waals surface area (Å²) in [5.41, 5.74) is 4.55. The largest absolute Gasteiger partial charge is 0.444 e. The molecule has 106 valence electrons. The first-order valence-corrected chi connectivity index (χ1v) is 7.49. The van der Waals surface area contributed by atoms with Crippen LogP contribution in [0.5, 0.6) is 0 Å². The molecule has 0 radical (unpaired) electrons. The fraction of sp³-hybridized carbons (Fsp3) is 0.118. The quantitative estimate of drug-likeness (QED) is 0.722. The summed E-state index contributed by atoms with van der Waals surface area (Å²) in [5, 5.41) is 3.43. The molecule has 0 unspecified atom stereocenters. The highest BCUT2D eigenvalue weighted by Crippen LogP contribution is 2.23. The van der Waals surface area contributed by atoms with Crippen molar-refractivity contribution in [3.8, 4) is 11.3 Å². The Morgan fingerprint density at radius 2 is 2.10 bits per heavy atom. The van der Waals surface area contributed by atoms with Crippen LogP contribution in [0.25, 0.3) is 11.3 Å². The average Bonchev–Trinajstić information content (AvgIpc) is 3.03. The second-order valence-electron chi connectivity index (χ2n) is 4.88. The fourth-order valence-corrected chi connectivity index (χ4v) is 2.52. The van der Waals surface area contributed by atoms with Crippen LogP contribution >= 0.6 is 15.9 Å². The SMILES string of the molecule is Cc1ccc(CNc2cccc(-c3cnco3)c2)cc1Br. The monoisotopic (exact) mass is 342 g/mol. The summed E-state index contributed by atoms with van der Waals surface area (Å²) in [7, 11) is 0. The Balaban J connectivity index is 1.73. The molecular formula is C17H15BrN2O. The van der Waals surface area contributed by atoms with Crippen LogP contribution in [0.1, 0.15) is 11.1 Å². The maximum absolute atomic E-state index is 5.32. The van der Waals surface area contributed by atoms with Crippen molar-refractivity contribution in [3.05, 3.63) is 70.7 Å². The van der Waals surface area contributed by atoms with Gasteiger partial charge in [-0.05, 0) is 36.2 Å². The third kappa shape index (κ3) is 3.34. The summed E-state index contributed by atoms with van der Waals surface area (Å²) >= 11 is 3.56. The van der Waals surface area contributed by atoms with Gasteiger partial charge in [-0.1, -0.05) is 40.2 Å². The molecule has 0 bridgehead atoms. The lowest BCUT2D eigenvalue weighted by molar-refractivity contribution is 0.572.